The summed E-state index contributed by atoms with van der Waals surface area (Å²) in [6.07, 6.45) is 0. The quantitative estimate of drug-likeness (QED) is 0.634. The zero-order valence-corrected chi connectivity index (χ0v) is 10.8. The first-order chi connectivity index (χ1) is 8.24. The molecule has 1 atom stereocenters. The maximum absolute atomic E-state index is 5.64. The highest BCUT2D eigenvalue weighted by Gasteiger charge is 2.20. The first kappa shape index (κ1) is 10.7. The number of nitrogen functional groups attached to an aromatic ring is 1. The van der Waals surface area contributed by atoms with Gasteiger partial charge in [0.1, 0.15) is 10.7 Å². The number of aromatic nitrogens is 2. The zero-order valence-electron chi connectivity index (χ0n) is 9.12. The molecule has 6 heteroatoms. The van der Waals surface area contributed by atoms with E-state index in [4.69, 9.17) is 5.73 Å². The van der Waals surface area contributed by atoms with Gasteiger partial charge in [-0.2, -0.15) is 0 Å². The first-order valence-electron chi connectivity index (χ1n) is 5.07. The Kier molecular flexibility index (Phi) is 2.60. The van der Waals surface area contributed by atoms with Crippen molar-refractivity contribution in [3.05, 3.63) is 36.0 Å². The van der Waals surface area contributed by atoms with Gasteiger partial charge >= 0.3 is 0 Å². The highest BCUT2D eigenvalue weighted by atomic mass is 33.1. The van der Waals surface area contributed by atoms with E-state index in [1.165, 1.54) is 4.90 Å². The number of anilines is 1. The van der Waals surface area contributed by atoms with Crippen LogP contribution in [0.5, 0.6) is 0 Å². The Morgan fingerprint density at radius 2 is 1.94 bits per heavy atom. The Hall–Kier alpha value is -1.40. The van der Waals surface area contributed by atoms with E-state index in [-0.39, 0.29) is 9.72 Å². The van der Waals surface area contributed by atoms with Gasteiger partial charge in [0, 0.05) is 14.6 Å². The summed E-state index contributed by atoms with van der Waals surface area (Å²) >= 11 is 0. The summed E-state index contributed by atoms with van der Waals surface area (Å²) in [5.41, 5.74) is 7.38. The van der Waals surface area contributed by atoms with Crippen molar-refractivity contribution in [2.24, 2.45) is 4.36 Å². The highest BCUT2D eigenvalue weighted by molar-refractivity contribution is 8.70. The Morgan fingerprint density at radius 1 is 1.18 bits per heavy atom. The van der Waals surface area contributed by atoms with Crippen molar-refractivity contribution in [1.82, 2.24) is 9.97 Å². The molecule has 2 N–H and O–H groups in total. The third-order valence-electron chi connectivity index (χ3n) is 2.32. The fraction of sp³-hybridized carbons (Fsp3) is 0.0909. The van der Waals surface area contributed by atoms with Crippen LogP contribution in [0.3, 0.4) is 0 Å². The minimum atomic E-state index is -0.222. The predicted molar refractivity (Wildman–Crippen MR) is 71.2 cm³/mol. The van der Waals surface area contributed by atoms with E-state index in [0.29, 0.717) is 5.95 Å². The minimum absolute atomic E-state index is 0.222. The molecule has 0 aliphatic carbocycles. The first-order valence-corrected chi connectivity index (χ1v) is 7.59. The van der Waals surface area contributed by atoms with E-state index in [0.717, 1.165) is 16.4 Å². The van der Waals surface area contributed by atoms with Gasteiger partial charge < -0.3 is 5.73 Å². The fourth-order valence-corrected chi connectivity index (χ4v) is 4.92. The van der Waals surface area contributed by atoms with Gasteiger partial charge in [0.15, 0.2) is 0 Å². The van der Waals surface area contributed by atoms with Crippen LogP contribution in [-0.4, -0.2) is 9.97 Å². The lowest BCUT2D eigenvalue weighted by Crippen LogP contribution is -1.97. The molecule has 2 heterocycles. The lowest BCUT2D eigenvalue weighted by atomic mass is 10.4. The molecule has 0 fully saturated rings. The van der Waals surface area contributed by atoms with Crippen molar-refractivity contribution < 1.29 is 0 Å². The molecular formula is C11H10N4S2. The summed E-state index contributed by atoms with van der Waals surface area (Å²) < 4.78 is 4.67. The molecule has 86 valence electrons. The predicted octanol–water partition coefficient (Wildman–Crippen LogP) is 2.88. The summed E-state index contributed by atoms with van der Waals surface area (Å²) in [6.45, 7) is 1.92. The van der Waals surface area contributed by atoms with Crippen molar-refractivity contribution in [1.29, 1.82) is 0 Å². The molecule has 0 amide bonds. The van der Waals surface area contributed by atoms with E-state index in [9.17, 15) is 0 Å². The number of hydrogen-bond acceptors (Lipinski definition) is 5. The fourth-order valence-electron chi connectivity index (χ4n) is 1.54. The third-order valence-corrected chi connectivity index (χ3v) is 5.69. The van der Waals surface area contributed by atoms with Gasteiger partial charge in [-0.1, -0.05) is 18.2 Å². The van der Waals surface area contributed by atoms with Crippen LogP contribution in [0.25, 0.3) is 0 Å². The van der Waals surface area contributed by atoms with Gasteiger partial charge in [-0.25, -0.2) is 14.3 Å². The van der Waals surface area contributed by atoms with Gasteiger partial charge in [-0.3, -0.25) is 0 Å². The minimum Gasteiger partial charge on any atom is -0.368 e. The molecule has 0 spiro atoms. The summed E-state index contributed by atoms with van der Waals surface area (Å²) in [7, 11) is 1.43. The van der Waals surface area contributed by atoms with E-state index < -0.39 is 0 Å². The van der Waals surface area contributed by atoms with E-state index in [2.05, 4.69) is 26.5 Å². The largest absolute Gasteiger partial charge is 0.368 e. The van der Waals surface area contributed by atoms with Crippen molar-refractivity contribution >= 4 is 32.2 Å². The Morgan fingerprint density at radius 3 is 2.71 bits per heavy atom. The van der Waals surface area contributed by atoms with Crippen LogP contribution in [0, 0.1) is 6.92 Å². The van der Waals surface area contributed by atoms with Gasteiger partial charge in [0.05, 0.1) is 5.69 Å². The molecular weight excluding hydrogens is 252 g/mol. The molecule has 17 heavy (non-hydrogen) atoms. The van der Waals surface area contributed by atoms with Crippen molar-refractivity contribution in [2.75, 3.05) is 5.73 Å². The summed E-state index contributed by atoms with van der Waals surface area (Å²) in [5.74, 6) is 0.322. The van der Waals surface area contributed by atoms with Crippen molar-refractivity contribution in [3.63, 3.8) is 0 Å². The highest BCUT2D eigenvalue weighted by Crippen LogP contribution is 2.43. The Labute approximate surface area is 105 Å². The van der Waals surface area contributed by atoms with Crippen LogP contribution in [0.15, 0.2) is 44.6 Å². The van der Waals surface area contributed by atoms with Crippen molar-refractivity contribution in [3.8, 4) is 0 Å². The Balaban J connectivity index is 2.06. The van der Waals surface area contributed by atoms with Crippen molar-refractivity contribution in [2.45, 2.75) is 16.8 Å². The van der Waals surface area contributed by atoms with Crippen LogP contribution in [0.4, 0.5) is 11.6 Å². The average Bonchev–Trinajstić information content (AvgIpc) is 2.74. The smallest absolute Gasteiger partial charge is 0.221 e. The molecule has 1 aliphatic heterocycles. The maximum Gasteiger partial charge on any atom is 0.221 e. The molecule has 0 saturated heterocycles. The molecule has 4 nitrogen and oxygen atoms in total. The number of nitrogens with zero attached hydrogens (tertiary/aromatic N) is 3. The summed E-state index contributed by atoms with van der Waals surface area (Å²) in [5, 5.41) is 0.891. The second-order valence-electron chi connectivity index (χ2n) is 3.56. The Bertz CT molecular complexity index is 610. The van der Waals surface area contributed by atoms with Crippen LogP contribution >= 0.6 is 10.8 Å². The van der Waals surface area contributed by atoms with Gasteiger partial charge in [-0.05, 0) is 29.9 Å². The average molecular weight is 262 g/mol. The van der Waals surface area contributed by atoms with E-state index in [1.807, 2.05) is 25.1 Å². The molecule has 0 bridgehead atoms. The number of rotatable bonds is 1. The number of fused-ring (bicyclic) bond motifs is 1. The number of aryl methyl sites for hydroxylation is 1. The number of hydrogen-bond donors (Lipinski definition) is 1. The molecule has 1 unspecified atom stereocenters. The van der Waals surface area contributed by atoms with E-state index >= 15 is 0 Å². The monoisotopic (exact) mass is 262 g/mol. The van der Waals surface area contributed by atoms with Crippen LogP contribution in [0.2, 0.25) is 0 Å². The van der Waals surface area contributed by atoms with E-state index in [1.54, 1.807) is 10.8 Å². The molecule has 0 saturated carbocycles. The topological polar surface area (TPSA) is 64.2 Å². The molecule has 1 aromatic carbocycles. The second kappa shape index (κ2) is 4.12. The zero-order chi connectivity index (χ0) is 11.8. The number of nitrogens with two attached hydrogens (primary N) is 1. The second-order valence-corrected chi connectivity index (χ2v) is 6.71. The van der Waals surface area contributed by atoms with Crippen LogP contribution < -0.4 is 5.73 Å². The lowest BCUT2D eigenvalue weighted by molar-refractivity contribution is 1.03. The normalized spacial score (nSPS) is 17.6. The SMILES string of the molecule is Cc1nc(N)nc2c1N=S(c1ccccc1)S2. The summed E-state index contributed by atoms with van der Waals surface area (Å²) in [4.78, 5) is 9.57. The molecule has 1 aliphatic rings. The molecule has 3 rings (SSSR count). The summed E-state index contributed by atoms with van der Waals surface area (Å²) in [6, 6.07) is 10.2. The molecule has 1 aromatic heterocycles. The van der Waals surface area contributed by atoms with Gasteiger partial charge in [-0.15, -0.1) is 0 Å². The number of benzene rings is 1. The maximum atomic E-state index is 5.64. The van der Waals surface area contributed by atoms with Crippen LogP contribution in [-0.2, 0) is 9.72 Å². The standard InChI is InChI=1S/C11H10N4S2/c1-7-9-10(14-11(12)13-7)16-17(15-9)8-5-3-2-4-6-8/h2-6H,1H3,(H2,12,13,14). The van der Waals surface area contributed by atoms with Gasteiger partial charge in [0.2, 0.25) is 5.95 Å². The lowest BCUT2D eigenvalue weighted by Gasteiger charge is -1.99. The van der Waals surface area contributed by atoms with Crippen LogP contribution in [0.1, 0.15) is 5.69 Å². The third kappa shape index (κ3) is 1.94. The van der Waals surface area contributed by atoms with Gasteiger partial charge in [0.25, 0.3) is 0 Å². The molecule has 2 aromatic rings. The molecule has 0 radical (unpaired) electrons.